The number of aryl methyl sites for hydroxylation is 1. The summed E-state index contributed by atoms with van der Waals surface area (Å²) >= 11 is 0. The zero-order valence-electron chi connectivity index (χ0n) is 31.6. The van der Waals surface area contributed by atoms with Gasteiger partial charge in [-0.25, -0.2) is 0 Å². The third-order valence-electron chi connectivity index (χ3n) is 9.37. The summed E-state index contributed by atoms with van der Waals surface area (Å²) in [5.41, 5.74) is 1.73. The van der Waals surface area contributed by atoms with Crippen molar-refractivity contribution in [2.45, 2.75) is 161 Å². The minimum Gasteiger partial charge on any atom is -0.494 e. The molecule has 2 aromatic carbocycles. The molecular weight excluding hydrogens is 630 g/mol. The largest absolute Gasteiger partial charge is 0.494 e. The van der Waals surface area contributed by atoms with E-state index in [1.165, 1.54) is 82.6 Å². The van der Waals surface area contributed by atoms with E-state index in [4.69, 9.17) is 14.2 Å². The van der Waals surface area contributed by atoms with E-state index in [1.807, 2.05) is 39.0 Å². The second kappa shape index (κ2) is 28.0. The van der Waals surface area contributed by atoms with Crippen LogP contribution in [-0.2, 0) is 11.8 Å². The van der Waals surface area contributed by atoms with Gasteiger partial charge in [0.15, 0.2) is 0 Å². The van der Waals surface area contributed by atoms with Crippen LogP contribution in [-0.4, -0.2) is 32.9 Å². The standard InChI is InChI=1S/C42H67N3O3.ClH/c1-6-10-11-12-13-14-15-16-17-18-19-20-21-29-42(35-43,37-24-22-26-39(33-37)46-7-2)30-23-25-38(45-44-5)28-27-36-31-40(47-8-3)34-41(32-36)48-9-4;/h22,24,26,31-34,38H,6-21,23,25,27-30H2,1-5H3;1H. The highest BCUT2D eigenvalue weighted by molar-refractivity contribution is 5.85. The molecule has 2 rings (SSSR count). The third-order valence-corrected chi connectivity index (χ3v) is 9.37. The molecule has 6 nitrogen and oxygen atoms in total. The number of hydrogen-bond acceptors (Lipinski definition) is 6. The van der Waals surface area contributed by atoms with Crippen LogP contribution in [0.3, 0.4) is 0 Å². The Bertz CT molecular complexity index is 1160. The molecule has 0 spiro atoms. The Morgan fingerprint density at radius 1 is 0.653 bits per heavy atom. The van der Waals surface area contributed by atoms with Crippen molar-refractivity contribution >= 4 is 12.4 Å². The molecule has 2 atom stereocenters. The topological polar surface area (TPSA) is 76.2 Å². The number of nitriles is 1. The number of benzene rings is 2. The molecule has 0 saturated heterocycles. The molecule has 276 valence electrons. The van der Waals surface area contributed by atoms with E-state index in [9.17, 15) is 5.26 Å². The first-order valence-corrected chi connectivity index (χ1v) is 19.4. The molecule has 0 amide bonds. The number of hydrogen-bond donors (Lipinski definition) is 0. The van der Waals surface area contributed by atoms with Crippen molar-refractivity contribution in [3.63, 3.8) is 0 Å². The van der Waals surface area contributed by atoms with Gasteiger partial charge in [0.05, 0.1) is 37.3 Å². The number of ether oxygens (including phenoxy) is 3. The summed E-state index contributed by atoms with van der Waals surface area (Å²) in [6, 6.07) is 17.3. The van der Waals surface area contributed by atoms with E-state index in [0.29, 0.717) is 19.8 Å². The number of unbranched alkanes of at least 4 members (excludes halogenated alkanes) is 12. The highest BCUT2D eigenvalue weighted by Crippen LogP contribution is 2.37. The van der Waals surface area contributed by atoms with Crippen LogP contribution in [0.1, 0.15) is 154 Å². The normalized spacial score (nSPS) is 13.0. The molecule has 0 aliphatic heterocycles. The average Bonchev–Trinajstić information content (AvgIpc) is 3.09. The lowest BCUT2D eigenvalue weighted by molar-refractivity contribution is 0.322. The first kappa shape index (κ1) is 44.2. The van der Waals surface area contributed by atoms with Gasteiger partial charge in [-0.2, -0.15) is 15.5 Å². The summed E-state index contributed by atoms with van der Waals surface area (Å²) in [6.07, 6.45) is 22.5. The van der Waals surface area contributed by atoms with Crippen LogP contribution in [0.25, 0.3) is 0 Å². The van der Waals surface area contributed by atoms with Crippen molar-refractivity contribution in [2.75, 3.05) is 26.9 Å². The monoisotopic (exact) mass is 697 g/mol. The summed E-state index contributed by atoms with van der Waals surface area (Å²) in [6.45, 7) is 10.1. The number of halogens is 1. The molecule has 0 N–H and O–H groups in total. The molecule has 7 heteroatoms. The smallest absolute Gasteiger partial charge is 0.123 e. The van der Waals surface area contributed by atoms with Crippen LogP contribution < -0.4 is 14.2 Å². The Hall–Kier alpha value is -2.78. The SMILES string of the molecule is CCCCCCCCCCCCCCCC(C#N)(CCCC(CCc1cc(OCC)cc(OCC)c1)N=NC)c1cccc(OCC)c1.Cl. The predicted molar refractivity (Wildman–Crippen MR) is 208 cm³/mol. The fourth-order valence-corrected chi connectivity index (χ4v) is 6.76. The highest BCUT2D eigenvalue weighted by atomic mass is 35.5. The van der Waals surface area contributed by atoms with E-state index in [-0.39, 0.29) is 18.4 Å². The highest BCUT2D eigenvalue weighted by Gasteiger charge is 2.32. The van der Waals surface area contributed by atoms with Gasteiger partial charge in [0.25, 0.3) is 0 Å². The van der Waals surface area contributed by atoms with Crippen molar-refractivity contribution in [1.29, 1.82) is 5.26 Å². The van der Waals surface area contributed by atoms with E-state index in [0.717, 1.165) is 67.8 Å². The molecular formula is C42H68ClN3O3. The van der Waals surface area contributed by atoms with Gasteiger partial charge in [-0.1, -0.05) is 103 Å². The van der Waals surface area contributed by atoms with Crippen molar-refractivity contribution in [1.82, 2.24) is 0 Å². The molecule has 49 heavy (non-hydrogen) atoms. The van der Waals surface area contributed by atoms with E-state index < -0.39 is 5.41 Å². The van der Waals surface area contributed by atoms with Gasteiger partial charge in [0.1, 0.15) is 17.2 Å². The number of azo groups is 1. The first-order valence-electron chi connectivity index (χ1n) is 19.4. The molecule has 0 bridgehead atoms. The molecule has 0 aliphatic rings. The Kier molecular flexibility index (Phi) is 25.3. The zero-order valence-corrected chi connectivity index (χ0v) is 32.5. The van der Waals surface area contributed by atoms with E-state index in [2.05, 4.69) is 47.5 Å². The predicted octanol–water partition coefficient (Wildman–Crippen LogP) is 12.8. The van der Waals surface area contributed by atoms with Gasteiger partial charge < -0.3 is 14.2 Å². The molecule has 0 saturated carbocycles. The quantitative estimate of drug-likeness (QED) is 0.0626. The van der Waals surface area contributed by atoms with Gasteiger partial charge >= 0.3 is 0 Å². The van der Waals surface area contributed by atoms with Gasteiger partial charge in [-0.05, 0) is 94.7 Å². The minimum atomic E-state index is -0.531. The van der Waals surface area contributed by atoms with Crippen molar-refractivity contribution in [3.8, 4) is 23.3 Å². The molecule has 0 radical (unpaired) electrons. The lowest BCUT2D eigenvalue weighted by atomic mass is 9.73. The second-order valence-electron chi connectivity index (χ2n) is 13.2. The number of nitrogens with zero attached hydrogens (tertiary/aromatic N) is 3. The second-order valence-corrected chi connectivity index (χ2v) is 13.2. The zero-order chi connectivity index (χ0) is 34.7. The van der Waals surface area contributed by atoms with Crippen LogP contribution in [0.15, 0.2) is 52.7 Å². The molecule has 2 unspecified atom stereocenters. The van der Waals surface area contributed by atoms with Crippen LogP contribution in [0.2, 0.25) is 0 Å². The van der Waals surface area contributed by atoms with E-state index >= 15 is 0 Å². The minimum absolute atomic E-state index is 0. The Balaban J connectivity index is 0.0000120. The maximum absolute atomic E-state index is 10.7. The summed E-state index contributed by atoms with van der Waals surface area (Å²) in [4.78, 5) is 0. The van der Waals surface area contributed by atoms with Crippen molar-refractivity contribution in [2.24, 2.45) is 10.2 Å². The molecule has 0 heterocycles. The Labute approximate surface area is 306 Å². The van der Waals surface area contributed by atoms with Gasteiger partial charge in [0.2, 0.25) is 0 Å². The van der Waals surface area contributed by atoms with Gasteiger partial charge in [0, 0.05) is 13.1 Å². The lowest BCUT2D eigenvalue weighted by Gasteiger charge is -2.28. The molecule has 0 aromatic heterocycles. The maximum Gasteiger partial charge on any atom is 0.123 e. The number of rotatable bonds is 29. The van der Waals surface area contributed by atoms with Gasteiger partial charge in [-0.3, -0.25) is 0 Å². The fourth-order valence-electron chi connectivity index (χ4n) is 6.76. The summed E-state index contributed by atoms with van der Waals surface area (Å²) in [5.74, 6) is 2.53. The summed E-state index contributed by atoms with van der Waals surface area (Å²) < 4.78 is 17.4. The molecule has 0 aliphatic carbocycles. The third kappa shape index (κ3) is 18.2. The van der Waals surface area contributed by atoms with Crippen LogP contribution in [0.5, 0.6) is 17.2 Å². The Morgan fingerprint density at radius 2 is 1.18 bits per heavy atom. The molecule has 2 aromatic rings. The summed E-state index contributed by atoms with van der Waals surface area (Å²) in [5, 5.41) is 19.5. The van der Waals surface area contributed by atoms with E-state index in [1.54, 1.807) is 7.05 Å². The van der Waals surface area contributed by atoms with Crippen molar-refractivity contribution < 1.29 is 14.2 Å². The first-order chi connectivity index (χ1) is 23.5. The Morgan fingerprint density at radius 3 is 1.71 bits per heavy atom. The van der Waals surface area contributed by atoms with Crippen LogP contribution in [0, 0.1) is 11.3 Å². The van der Waals surface area contributed by atoms with Crippen LogP contribution in [0.4, 0.5) is 0 Å². The molecule has 0 fully saturated rings. The summed E-state index contributed by atoms with van der Waals surface area (Å²) in [7, 11) is 1.75. The fraction of sp³-hybridized carbons (Fsp3) is 0.690. The maximum atomic E-state index is 10.7. The van der Waals surface area contributed by atoms with Gasteiger partial charge in [-0.15, -0.1) is 12.4 Å². The van der Waals surface area contributed by atoms with Crippen LogP contribution >= 0.6 is 12.4 Å². The lowest BCUT2D eigenvalue weighted by Crippen LogP contribution is -2.25. The van der Waals surface area contributed by atoms with Crippen molar-refractivity contribution in [3.05, 3.63) is 53.6 Å². The average molecular weight is 698 g/mol.